The van der Waals surface area contributed by atoms with Crippen molar-refractivity contribution in [1.29, 1.82) is 0 Å². The fourth-order valence-electron chi connectivity index (χ4n) is 1.38. The molecule has 0 N–H and O–H groups in total. The van der Waals surface area contributed by atoms with E-state index in [0.29, 0.717) is 0 Å². The molecule has 1 aromatic heterocycles. The first-order valence-corrected chi connectivity index (χ1v) is 6.40. The van der Waals surface area contributed by atoms with Crippen LogP contribution in [0, 0.1) is 0 Å². The van der Waals surface area contributed by atoms with Crippen LogP contribution in [0.2, 0.25) is 0 Å². The zero-order valence-electron chi connectivity index (χ0n) is 6.92. The largest absolute Gasteiger partial charge is 0.249 e. The molecule has 1 aliphatic rings. The second kappa shape index (κ2) is 3.88. The van der Waals surface area contributed by atoms with Crippen LogP contribution in [0.5, 0.6) is 0 Å². The monoisotopic (exact) mass is 245 g/mol. The number of aryl methyl sites for hydroxylation is 1. The number of nitrogens with zero attached hydrogens (tertiary/aromatic N) is 1. The van der Waals surface area contributed by atoms with Gasteiger partial charge in [0.05, 0.1) is 11.2 Å². The van der Waals surface area contributed by atoms with Crippen LogP contribution in [0.4, 0.5) is 0 Å². The van der Waals surface area contributed by atoms with Gasteiger partial charge in [-0.15, -0.1) is 11.3 Å². The van der Waals surface area contributed by atoms with Crippen molar-refractivity contribution in [2.24, 2.45) is 0 Å². The fourth-order valence-corrected chi connectivity index (χ4v) is 2.56. The van der Waals surface area contributed by atoms with Gasteiger partial charge in [-0.3, -0.25) is 0 Å². The lowest BCUT2D eigenvalue weighted by molar-refractivity contribution is 0.914. The molecule has 0 bridgehead atoms. The Kier molecular flexibility index (Phi) is 2.81. The molecule has 0 aromatic carbocycles. The SMILES string of the molecule is BrCCCc1scnc1C1CC1. The lowest BCUT2D eigenvalue weighted by atomic mass is 10.2. The van der Waals surface area contributed by atoms with E-state index in [1.54, 1.807) is 0 Å². The van der Waals surface area contributed by atoms with Gasteiger partial charge in [0.25, 0.3) is 0 Å². The summed E-state index contributed by atoms with van der Waals surface area (Å²) in [5.74, 6) is 0.821. The van der Waals surface area contributed by atoms with Gasteiger partial charge in [-0.2, -0.15) is 0 Å². The maximum Gasteiger partial charge on any atom is 0.0797 e. The Morgan fingerprint density at radius 3 is 3.08 bits per heavy atom. The lowest BCUT2D eigenvalue weighted by Crippen LogP contribution is -1.88. The predicted octanol–water partition coefficient (Wildman–Crippen LogP) is 3.35. The molecule has 1 saturated carbocycles. The van der Waals surface area contributed by atoms with Crippen molar-refractivity contribution in [2.75, 3.05) is 5.33 Å². The van der Waals surface area contributed by atoms with Crippen LogP contribution in [0.25, 0.3) is 0 Å². The van der Waals surface area contributed by atoms with Gasteiger partial charge in [0.2, 0.25) is 0 Å². The third-order valence-electron chi connectivity index (χ3n) is 2.17. The third kappa shape index (κ3) is 1.88. The van der Waals surface area contributed by atoms with Crippen molar-refractivity contribution in [3.8, 4) is 0 Å². The molecular weight excluding hydrogens is 234 g/mol. The topological polar surface area (TPSA) is 12.9 Å². The minimum Gasteiger partial charge on any atom is -0.249 e. The molecule has 66 valence electrons. The Labute approximate surface area is 85.3 Å². The number of hydrogen-bond acceptors (Lipinski definition) is 2. The smallest absolute Gasteiger partial charge is 0.0797 e. The van der Waals surface area contributed by atoms with E-state index in [2.05, 4.69) is 20.9 Å². The normalized spacial score (nSPS) is 16.8. The highest BCUT2D eigenvalue weighted by atomic mass is 79.9. The van der Waals surface area contributed by atoms with Gasteiger partial charge in [-0.05, 0) is 25.7 Å². The molecule has 1 fully saturated rings. The van der Waals surface area contributed by atoms with Gasteiger partial charge in [-0.1, -0.05) is 15.9 Å². The maximum atomic E-state index is 4.43. The number of thiazole rings is 1. The molecule has 12 heavy (non-hydrogen) atoms. The molecule has 1 heterocycles. The third-order valence-corrected chi connectivity index (χ3v) is 3.64. The predicted molar refractivity (Wildman–Crippen MR) is 56.2 cm³/mol. The Balaban J connectivity index is 2.03. The van der Waals surface area contributed by atoms with E-state index in [9.17, 15) is 0 Å². The molecule has 1 aromatic rings. The minimum atomic E-state index is 0.821. The van der Waals surface area contributed by atoms with E-state index >= 15 is 0 Å². The summed E-state index contributed by atoms with van der Waals surface area (Å²) in [7, 11) is 0. The summed E-state index contributed by atoms with van der Waals surface area (Å²) in [6.45, 7) is 0. The van der Waals surface area contributed by atoms with Gasteiger partial charge in [-0.25, -0.2) is 4.98 Å². The second-order valence-corrected chi connectivity index (χ2v) is 4.96. The molecular formula is C9H12BrNS. The summed E-state index contributed by atoms with van der Waals surface area (Å²) in [6, 6.07) is 0. The van der Waals surface area contributed by atoms with E-state index < -0.39 is 0 Å². The lowest BCUT2D eigenvalue weighted by Gasteiger charge is -1.97. The molecule has 0 unspecified atom stereocenters. The fraction of sp³-hybridized carbons (Fsp3) is 0.667. The summed E-state index contributed by atoms with van der Waals surface area (Å²) >= 11 is 5.28. The molecule has 1 nitrogen and oxygen atoms in total. The Morgan fingerprint density at radius 2 is 2.42 bits per heavy atom. The highest BCUT2D eigenvalue weighted by molar-refractivity contribution is 9.09. The second-order valence-electron chi connectivity index (χ2n) is 3.23. The van der Waals surface area contributed by atoms with Crippen molar-refractivity contribution in [1.82, 2.24) is 4.98 Å². The molecule has 0 atom stereocenters. The molecule has 0 saturated heterocycles. The van der Waals surface area contributed by atoms with Crippen LogP contribution in [0.3, 0.4) is 0 Å². The van der Waals surface area contributed by atoms with Crippen LogP contribution in [0.15, 0.2) is 5.51 Å². The number of aromatic nitrogens is 1. The Hall–Kier alpha value is 0.110. The first-order valence-electron chi connectivity index (χ1n) is 4.40. The van der Waals surface area contributed by atoms with E-state index in [4.69, 9.17) is 0 Å². The molecule has 1 aliphatic carbocycles. The minimum absolute atomic E-state index is 0.821. The molecule has 3 heteroatoms. The van der Waals surface area contributed by atoms with Crippen LogP contribution in [0.1, 0.15) is 35.8 Å². The zero-order valence-corrected chi connectivity index (χ0v) is 9.33. The average Bonchev–Trinajstić information content (AvgIpc) is 2.83. The first kappa shape index (κ1) is 8.70. The average molecular weight is 246 g/mol. The maximum absolute atomic E-state index is 4.43. The van der Waals surface area contributed by atoms with Gasteiger partial charge < -0.3 is 0 Å². The zero-order chi connectivity index (χ0) is 8.39. The van der Waals surface area contributed by atoms with Crippen LogP contribution in [-0.2, 0) is 6.42 Å². The van der Waals surface area contributed by atoms with Crippen molar-refractivity contribution in [2.45, 2.75) is 31.6 Å². The standard InChI is InChI=1S/C9H12BrNS/c10-5-1-2-8-9(7-3-4-7)11-6-12-8/h6-7H,1-5H2. The van der Waals surface area contributed by atoms with Gasteiger partial charge in [0, 0.05) is 16.1 Å². The van der Waals surface area contributed by atoms with E-state index in [1.807, 2.05) is 16.8 Å². The summed E-state index contributed by atoms with van der Waals surface area (Å²) in [5, 5.41) is 1.11. The van der Waals surface area contributed by atoms with E-state index in [0.717, 1.165) is 11.2 Å². The van der Waals surface area contributed by atoms with Crippen molar-refractivity contribution >= 4 is 27.3 Å². The number of hydrogen-bond donors (Lipinski definition) is 0. The molecule has 0 radical (unpaired) electrons. The quantitative estimate of drug-likeness (QED) is 0.742. The Morgan fingerprint density at radius 1 is 1.58 bits per heavy atom. The van der Waals surface area contributed by atoms with Gasteiger partial charge in [0.1, 0.15) is 0 Å². The summed E-state index contributed by atoms with van der Waals surface area (Å²) in [5.41, 5.74) is 3.40. The van der Waals surface area contributed by atoms with Crippen molar-refractivity contribution in [3.63, 3.8) is 0 Å². The highest BCUT2D eigenvalue weighted by Gasteiger charge is 2.27. The van der Waals surface area contributed by atoms with Crippen LogP contribution < -0.4 is 0 Å². The van der Waals surface area contributed by atoms with Crippen LogP contribution >= 0.6 is 27.3 Å². The number of alkyl halides is 1. The van der Waals surface area contributed by atoms with E-state index in [1.165, 1.54) is 36.3 Å². The first-order chi connectivity index (χ1) is 5.92. The summed E-state index contributed by atoms with van der Waals surface area (Å²) in [6.07, 6.45) is 5.18. The molecule has 0 aliphatic heterocycles. The van der Waals surface area contributed by atoms with Crippen molar-refractivity contribution < 1.29 is 0 Å². The van der Waals surface area contributed by atoms with Crippen LogP contribution in [-0.4, -0.2) is 10.3 Å². The van der Waals surface area contributed by atoms with Crippen molar-refractivity contribution in [3.05, 3.63) is 16.1 Å². The summed E-state index contributed by atoms with van der Waals surface area (Å²) < 4.78 is 0. The number of rotatable bonds is 4. The molecule has 2 rings (SSSR count). The Bertz CT molecular complexity index is 255. The highest BCUT2D eigenvalue weighted by Crippen LogP contribution is 2.42. The van der Waals surface area contributed by atoms with E-state index in [-0.39, 0.29) is 0 Å². The molecule has 0 spiro atoms. The van der Waals surface area contributed by atoms with Gasteiger partial charge in [0.15, 0.2) is 0 Å². The summed E-state index contributed by atoms with van der Waals surface area (Å²) in [4.78, 5) is 5.96. The number of halogens is 1. The molecule has 0 amide bonds. The van der Waals surface area contributed by atoms with Gasteiger partial charge >= 0.3 is 0 Å².